The van der Waals surface area contributed by atoms with Crippen molar-refractivity contribution >= 4 is 34.4 Å². The molecule has 7 nitrogen and oxygen atoms in total. The van der Waals surface area contributed by atoms with Crippen LogP contribution < -0.4 is 5.32 Å². The fourth-order valence-electron chi connectivity index (χ4n) is 3.79. The zero-order valence-corrected chi connectivity index (χ0v) is 16.5. The number of nitrogens with zero attached hydrogens (tertiary/aromatic N) is 4. The molecule has 2 aromatic heterocycles. The molecule has 3 aromatic rings. The number of halogens is 1. The molecule has 28 heavy (non-hydrogen) atoms. The number of rotatable bonds is 5. The van der Waals surface area contributed by atoms with Gasteiger partial charge in [0.25, 0.3) is 0 Å². The molecule has 2 heterocycles. The van der Waals surface area contributed by atoms with Crippen molar-refractivity contribution in [3.8, 4) is 0 Å². The Labute approximate surface area is 168 Å². The molecule has 0 saturated heterocycles. The van der Waals surface area contributed by atoms with Crippen LogP contribution in [0.3, 0.4) is 0 Å². The molecule has 1 amide bonds. The predicted molar refractivity (Wildman–Crippen MR) is 109 cm³/mol. The van der Waals surface area contributed by atoms with Crippen LogP contribution >= 0.6 is 11.6 Å². The third kappa shape index (κ3) is 4.25. The number of H-pyrrole nitrogens is 1. The number of anilines is 1. The van der Waals surface area contributed by atoms with Crippen molar-refractivity contribution in [3.05, 3.63) is 47.6 Å². The maximum atomic E-state index is 12.9. The van der Waals surface area contributed by atoms with Crippen LogP contribution in [0.1, 0.15) is 31.5 Å². The second-order valence-corrected chi connectivity index (χ2v) is 7.76. The number of amides is 1. The van der Waals surface area contributed by atoms with Crippen LogP contribution in [0.2, 0.25) is 5.02 Å². The quantitative estimate of drug-likeness (QED) is 0.685. The molecule has 4 rings (SSSR count). The Kier molecular flexibility index (Phi) is 5.43. The Bertz CT molecular complexity index is 952. The van der Waals surface area contributed by atoms with Crippen LogP contribution in [0.5, 0.6) is 0 Å². The van der Waals surface area contributed by atoms with Crippen LogP contribution in [-0.2, 0) is 11.3 Å². The molecule has 146 valence electrons. The minimum Gasteiger partial charge on any atom is -0.366 e. The predicted octanol–water partition coefficient (Wildman–Crippen LogP) is 3.64. The van der Waals surface area contributed by atoms with E-state index in [4.69, 9.17) is 11.6 Å². The van der Waals surface area contributed by atoms with E-state index in [2.05, 4.69) is 25.3 Å². The summed E-state index contributed by atoms with van der Waals surface area (Å²) >= 11 is 6.02. The highest BCUT2D eigenvalue weighted by atomic mass is 35.5. The maximum Gasteiger partial charge on any atom is 0.225 e. The van der Waals surface area contributed by atoms with Crippen molar-refractivity contribution in [1.29, 1.82) is 0 Å². The van der Waals surface area contributed by atoms with E-state index in [-0.39, 0.29) is 11.8 Å². The SMILES string of the molecule is CN(Cc1nc2ccc(Cl)cc2[nH]1)C(=O)C1CCC(Nc2cnccn2)CC1. The molecule has 0 bridgehead atoms. The summed E-state index contributed by atoms with van der Waals surface area (Å²) in [4.78, 5) is 30.8. The molecule has 2 N–H and O–H groups in total. The topological polar surface area (TPSA) is 86.8 Å². The number of carbonyl (C=O) groups is 1. The van der Waals surface area contributed by atoms with E-state index in [9.17, 15) is 4.79 Å². The highest BCUT2D eigenvalue weighted by molar-refractivity contribution is 6.31. The first-order chi connectivity index (χ1) is 13.6. The average Bonchev–Trinajstić information content (AvgIpc) is 3.10. The van der Waals surface area contributed by atoms with Crippen molar-refractivity contribution in [3.63, 3.8) is 0 Å². The van der Waals surface area contributed by atoms with Crippen LogP contribution in [0.25, 0.3) is 11.0 Å². The fourth-order valence-corrected chi connectivity index (χ4v) is 3.96. The van der Waals surface area contributed by atoms with Gasteiger partial charge < -0.3 is 15.2 Å². The fraction of sp³-hybridized carbons (Fsp3) is 0.400. The molecule has 1 saturated carbocycles. The largest absolute Gasteiger partial charge is 0.366 e. The van der Waals surface area contributed by atoms with Gasteiger partial charge >= 0.3 is 0 Å². The van der Waals surface area contributed by atoms with Crippen LogP contribution in [0.15, 0.2) is 36.8 Å². The van der Waals surface area contributed by atoms with E-state index in [1.54, 1.807) is 23.5 Å². The first-order valence-corrected chi connectivity index (χ1v) is 9.88. The van der Waals surface area contributed by atoms with Crippen LogP contribution in [0.4, 0.5) is 5.82 Å². The first kappa shape index (κ1) is 18.7. The highest BCUT2D eigenvalue weighted by Crippen LogP contribution is 2.28. The van der Waals surface area contributed by atoms with E-state index in [1.807, 2.05) is 25.2 Å². The number of aromatic amines is 1. The standard InChI is InChI=1S/C20H23ClN6O/c1-27(12-19-25-16-7-4-14(21)10-17(16)26-19)20(28)13-2-5-15(6-3-13)24-18-11-22-8-9-23-18/h4,7-11,13,15H,2-3,5-6,12H2,1H3,(H,23,24)(H,25,26). The Morgan fingerprint density at radius 3 is 2.86 bits per heavy atom. The van der Waals surface area contributed by atoms with Crippen molar-refractivity contribution in [2.75, 3.05) is 12.4 Å². The Morgan fingerprint density at radius 1 is 1.29 bits per heavy atom. The maximum absolute atomic E-state index is 12.9. The summed E-state index contributed by atoms with van der Waals surface area (Å²) in [6, 6.07) is 5.88. The van der Waals surface area contributed by atoms with Gasteiger partial charge in [0.05, 0.1) is 23.8 Å². The van der Waals surface area contributed by atoms with Crippen molar-refractivity contribution < 1.29 is 4.79 Å². The summed E-state index contributed by atoms with van der Waals surface area (Å²) < 4.78 is 0. The Hall–Kier alpha value is -2.67. The van der Waals surface area contributed by atoms with Gasteiger partial charge in [0.2, 0.25) is 5.91 Å². The molecular weight excluding hydrogens is 376 g/mol. The number of fused-ring (bicyclic) bond motifs is 1. The van der Waals surface area contributed by atoms with Gasteiger partial charge in [0.15, 0.2) is 0 Å². The number of hydrogen-bond acceptors (Lipinski definition) is 5. The molecule has 0 aliphatic heterocycles. The molecule has 0 spiro atoms. The van der Waals surface area contributed by atoms with E-state index in [0.717, 1.165) is 48.4 Å². The number of hydrogen-bond donors (Lipinski definition) is 2. The lowest BCUT2D eigenvalue weighted by Gasteiger charge is -2.31. The summed E-state index contributed by atoms with van der Waals surface area (Å²) in [6.07, 6.45) is 8.71. The van der Waals surface area contributed by atoms with Gasteiger partial charge in [-0.1, -0.05) is 11.6 Å². The van der Waals surface area contributed by atoms with Crippen molar-refractivity contribution in [1.82, 2.24) is 24.8 Å². The summed E-state index contributed by atoms with van der Waals surface area (Å²) in [5.41, 5.74) is 1.75. The van der Waals surface area contributed by atoms with Crippen LogP contribution in [0, 0.1) is 5.92 Å². The summed E-state index contributed by atoms with van der Waals surface area (Å²) in [5.74, 6) is 1.80. The molecular formula is C20H23ClN6O. The van der Waals surface area contributed by atoms with Gasteiger partial charge in [-0.05, 0) is 43.9 Å². The van der Waals surface area contributed by atoms with Crippen molar-refractivity contribution in [2.24, 2.45) is 5.92 Å². The summed E-state index contributed by atoms with van der Waals surface area (Å²) in [7, 11) is 1.84. The van der Waals surface area contributed by atoms with E-state index >= 15 is 0 Å². The molecule has 1 aliphatic rings. The van der Waals surface area contributed by atoms with Crippen LogP contribution in [-0.4, -0.2) is 43.8 Å². The zero-order valence-electron chi connectivity index (χ0n) is 15.7. The smallest absolute Gasteiger partial charge is 0.225 e. The second-order valence-electron chi connectivity index (χ2n) is 7.32. The van der Waals surface area contributed by atoms with Gasteiger partial charge in [0, 0.05) is 36.4 Å². The van der Waals surface area contributed by atoms with Gasteiger partial charge in [-0.3, -0.25) is 9.78 Å². The molecule has 0 unspecified atom stereocenters. The van der Waals surface area contributed by atoms with Gasteiger partial charge in [0.1, 0.15) is 11.6 Å². The molecule has 0 atom stereocenters. The zero-order chi connectivity index (χ0) is 19.5. The molecule has 1 aliphatic carbocycles. The number of aromatic nitrogens is 4. The minimum absolute atomic E-state index is 0.0590. The number of carbonyl (C=O) groups excluding carboxylic acids is 1. The third-order valence-corrected chi connectivity index (χ3v) is 5.48. The molecule has 1 fully saturated rings. The van der Waals surface area contributed by atoms with E-state index < -0.39 is 0 Å². The third-order valence-electron chi connectivity index (χ3n) is 5.25. The molecule has 8 heteroatoms. The normalized spacial score (nSPS) is 19.5. The molecule has 0 radical (unpaired) electrons. The monoisotopic (exact) mass is 398 g/mol. The average molecular weight is 399 g/mol. The molecule has 1 aromatic carbocycles. The Balaban J connectivity index is 1.31. The van der Waals surface area contributed by atoms with E-state index in [1.165, 1.54) is 0 Å². The lowest BCUT2D eigenvalue weighted by atomic mass is 9.85. The summed E-state index contributed by atoms with van der Waals surface area (Å²) in [5, 5.41) is 4.07. The van der Waals surface area contributed by atoms with Gasteiger partial charge in [-0.25, -0.2) is 9.97 Å². The number of benzene rings is 1. The van der Waals surface area contributed by atoms with Crippen molar-refractivity contribution in [2.45, 2.75) is 38.3 Å². The number of imidazole rings is 1. The lowest BCUT2D eigenvalue weighted by molar-refractivity contribution is -0.135. The van der Waals surface area contributed by atoms with Gasteiger partial charge in [-0.2, -0.15) is 0 Å². The minimum atomic E-state index is 0.0590. The van der Waals surface area contributed by atoms with E-state index in [0.29, 0.717) is 17.6 Å². The second kappa shape index (κ2) is 8.14. The lowest BCUT2D eigenvalue weighted by Crippen LogP contribution is -2.37. The van der Waals surface area contributed by atoms with Gasteiger partial charge in [-0.15, -0.1) is 0 Å². The summed E-state index contributed by atoms with van der Waals surface area (Å²) in [6.45, 7) is 0.461. The number of nitrogens with one attached hydrogen (secondary N) is 2. The Morgan fingerprint density at radius 2 is 2.11 bits per heavy atom. The highest BCUT2D eigenvalue weighted by Gasteiger charge is 2.28. The first-order valence-electron chi connectivity index (χ1n) is 9.50.